The largest absolute Gasteiger partial charge is 0.292 e. The van der Waals surface area contributed by atoms with E-state index < -0.39 is 0 Å². The molecule has 0 heterocycles. The Kier molecular flexibility index (Phi) is 4.81. The summed E-state index contributed by atoms with van der Waals surface area (Å²) in [5.41, 5.74) is 3.51. The van der Waals surface area contributed by atoms with Gasteiger partial charge in [-0.05, 0) is 48.5 Å². The molecule has 0 spiro atoms. The van der Waals surface area contributed by atoms with Crippen LogP contribution in [0.4, 0.5) is 0 Å². The smallest absolute Gasteiger partial charge is 0.0269 e. The molecule has 0 aromatic heterocycles. The van der Waals surface area contributed by atoms with E-state index in [1.807, 2.05) is 6.92 Å². The lowest BCUT2D eigenvalue weighted by molar-refractivity contribution is 0.0840. The fourth-order valence-electron chi connectivity index (χ4n) is 3.52. The maximum absolute atomic E-state index is 8.60. The first kappa shape index (κ1) is 14.3. The third-order valence-electron chi connectivity index (χ3n) is 4.02. The van der Waals surface area contributed by atoms with Gasteiger partial charge in [-0.15, -0.1) is 0 Å². The van der Waals surface area contributed by atoms with Gasteiger partial charge >= 0.3 is 0 Å². The van der Waals surface area contributed by atoms with Crippen molar-refractivity contribution in [3.63, 3.8) is 0 Å². The lowest BCUT2D eigenvalue weighted by Crippen LogP contribution is -2.35. The molecule has 1 unspecified atom stereocenters. The standard InChI is InChI=1S/C15H27NO/c1-11(10-16-17)6-7-14-13(3)8-12(2)9-15(14,4)5/h6-7,10,12-14,16-17H,8-9H2,1-5H3/b7-6+,11-10-/t12?,13-,14-/m0/s1. The number of nitrogens with one attached hydrogen (secondary N) is 1. The van der Waals surface area contributed by atoms with E-state index in [0.29, 0.717) is 11.3 Å². The average molecular weight is 237 g/mol. The third-order valence-corrected chi connectivity index (χ3v) is 4.02. The summed E-state index contributed by atoms with van der Waals surface area (Å²) in [4.78, 5) is 0. The molecule has 1 aliphatic carbocycles. The van der Waals surface area contributed by atoms with Crippen molar-refractivity contribution < 1.29 is 5.21 Å². The summed E-state index contributed by atoms with van der Waals surface area (Å²) in [5, 5.41) is 8.60. The molecule has 0 aromatic rings. The van der Waals surface area contributed by atoms with E-state index in [0.717, 1.165) is 17.4 Å². The lowest BCUT2D eigenvalue weighted by atomic mass is 9.61. The zero-order valence-electron chi connectivity index (χ0n) is 11.8. The van der Waals surface area contributed by atoms with Crippen LogP contribution in [-0.4, -0.2) is 5.21 Å². The van der Waals surface area contributed by atoms with Crippen LogP contribution in [-0.2, 0) is 0 Å². The van der Waals surface area contributed by atoms with Crippen LogP contribution in [0.2, 0.25) is 0 Å². The summed E-state index contributed by atoms with van der Waals surface area (Å²) >= 11 is 0. The molecule has 1 fully saturated rings. The van der Waals surface area contributed by atoms with Crippen molar-refractivity contribution in [2.75, 3.05) is 0 Å². The quantitative estimate of drug-likeness (QED) is 0.571. The summed E-state index contributed by atoms with van der Waals surface area (Å²) in [5.74, 6) is 2.20. The Balaban J connectivity index is 2.77. The maximum Gasteiger partial charge on any atom is 0.0269 e. The Morgan fingerprint density at radius 1 is 1.35 bits per heavy atom. The molecule has 1 saturated carbocycles. The van der Waals surface area contributed by atoms with Crippen molar-refractivity contribution in [3.05, 3.63) is 23.9 Å². The van der Waals surface area contributed by atoms with Gasteiger partial charge in [0.1, 0.15) is 0 Å². The van der Waals surface area contributed by atoms with E-state index in [1.165, 1.54) is 12.8 Å². The van der Waals surface area contributed by atoms with E-state index >= 15 is 0 Å². The highest BCUT2D eigenvalue weighted by molar-refractivity contribution is 5.17. The van der Waals surface area contributed by atoms with Gasteiger partial charge in [-0.25, -0.2) is 0 Å². The van der Waals surface area contributed by atoms with Gasteiger partial charge in [0.25, 0.3) is 0 Å². The minimum absolute atomic E-state index is 0.376. The van der Waals surface area contributed by atoms with Gasteiger partial charge in [0, 0.05) is 6.20 Å². The Bertz CT molecular complexity index is 304. The van der Waals surface area contributed by atoms with Crippen LogP contribution < -0.4 is 5.48 Å². The van der Waals surface area contributed by atoms with Gasteiger partial charge in [-0.2, -0.15) is 0 Å². The predicted octanol–water partition coefficient (Wildman–Crippen LogP) is 4.13. The lowest BCUT2D eigenvalue weighted by Gasteiger charge is -2.44. The minimum atomic E-state index is 0.376. The van der Waals surface area contributed by atoms with Crippen molar-refractivity contribution in [2.45, 2.75) is 47.5 Å². The predicted molar refractivity (Wildman–Crippen MR) is 72.7 cm³/mol. The molecule has 3 atom stereocenters. The fraction of sp³-hybridized carbons (Fsp3) is 0.733. The molecule has 98 valence electrons. The molecule has 2 N–H and O–H groups in total. The second-order valence-corrected chi connectivity index (χ2v) is 6.41. The zero-order chi connectivity index (χ0) is 13.1. The first-order valence-corrected chi connectivity index (χ1v) is 6.61. The molecule has 0 amide bonds. The topological polar surface area (TPSA) is 32.3 Å². The van der Waals surface area contributed by atoms with E-state index in [2.05, 4.69) is 45.3 Å². The highest BCUT2D eigenvalue weighted by Crippen LogP contribution is 2.46. The van der Waals surface area contributed by atoms with E-state index in [1.54, 1.807) is 6.20 Å². The number of hydrogen-bond donors (Lipinski definition) is 2. The van der Waals surface area contributed by atoms with E-state index in [9.17, 15) is 0 Å². The normalized spacial score (nSPS) is 34.0. The first-order valence-electron chi connectivity index (χ1n) is 6.61. The van der Waals surface area contributed by atoms with Crippen molar-refractivity contribution in [3.8, 4) is 0 Å². The Morgan fingerprint density at radius 3 is 2.53 bits per heavy atom. The molecule has 0 saturated heterocycles. The van der Waals surface area contributed by atoms with Crippen LogP contribution in [0.3, 0.4) is 0 Å². The van der Waals surface area contributed by atoms with E-state index in [-0.39, 0.29) is 0 Å². The summed E-state index contributed by atoms with van der Waals surface area (Å²) in [6, 6.07) is 0. The Hall–Kier alpha value is -0.760. The van der Waals surface area contributed by atoms with Crippen molar-refractivity contribution in [1.29, 1.82) is 0 Å². The minimum Gasteiger partial charge on any atom is -0.292 e. The summed E-state index contributed by atoms with van der Waals surface area (Å²) in [7, 11) is 0. The average Bonchev–Trinajstić information content (AvgIpc) is 2.14. The van der Waals surface area contributed by atoms with Gasteiger partial charge in [0.15, 0.2) is 0 Å². The number of hydroxylamine groups is 1. The van der Waals surface area contributed by atoms with Crippen molar-refractivity contribution >= 4 is 0 Å². The molecule has 0 bridgehead atoms. The Morgan fingerprint density at radius 2 is 2.00 bits per heavy atom. The van der Waals surface area contributed by atoms with Crippen LogP contribution in [0.1, 0.15) is 47.5 Å². The van der Waals surface area contributed by atoms with Crippen LogP contribution in [0.25, 0.3) is 0 Å². The van der Waals surface area contributed by atoms with E-state index in [4.69, 9.17) is 5.21 Å². The molecule has 2 nitrogen and oxygen atoms in total. The molecular weight excluding hydrogens is 210 g/mol. The monoisotopic (exact) mass is 237 g/mol. The van der Waals surface area contributed by atoms with Gasteiger partial charge in [-0.3, -0.25) is 10.7 Å². The van der Waals surface area contributed by atoms with Crippen molar-refractivity contribution in [1.82, 2.24) is 5.48 Å². The molecule has 0 radical (unpaired) electrons. The highest BCUT2D eigenvalue weighted by Gasteiger charge is 2.37. The van der Waals surface area contributed by atoms with Gasteiger partial charge in [0.05, 0.1) is 0 Å². The highest BCUT2D eigenvalue weighted by atomic mass is 16.5. The SMILES string of the molecule is CC(=C/NO)/C=C/[C@H]1[C@@H](C)CC(C)CC1(C)C. The molecule has 17 heavy (non-hydrogen) atoms. The first-order chi connectivity index (χ1) is 7.86. The van der Waals surface area contributed by atoms with Gasteiger partial charge < -0.3 is 0 Å². The fourth-order valence-corrected chi connectivity index (χ4v) is 3.52. The zero-order valence-corrected chi connectivity index (χ0v) is 11.8. The molecule has 2 heteroatoms. The third kappa shape index (κ3) is 3.88. The second kappa shape index (κ2) is 5.72. The van der Waals surface area contributed by atoms with Crippen LogP contribution in [0, 0.1) is 23.2 Å². The Labute approximate surface area is 106 Å². The number of rotatable bonds is 3. The van der Waals surface area contributed by atoms with Gasteiger partial charge in [-0.1, -0.05) is 39.8 Å². The summed E-state index contributed by atoms with van der Waals surface area (Å²) in [6.07, 6.45) is 8.66. The number of hydrogen-bond acceptors (Lipinski definition) is 2. The van der Waals surface area contributed by atoms with Crippen LogP contribution in [0.5, 0.6) is 0 Å². The second-order valence-electron chi connectivity index (χ2n) is 6.41. The van der Waals surface area contributed by atoms with Gasteiger partial charge in [0.2, 0.25) is 0 Å². The molecular formula is C15H27NO. The summed E-state index contributed by atoms with van der Waals surface area (Å²) in [6.45, 7) is 11.5. The van der Waals surface area contributed by atoms with Crippen molar-refractivity contribution in [2.24, 2.45) is 23.2 Å². The molecule has 0 aliphatic heterocycles. The molecule has 0 aromatic carbocycles. The molecule has 1 aliphatic rings. The number of allylic oxidation sites excluding steroid dienone is 3. The van der Waals surface area contributed by atoms with Crippen LogP contribution in [0.15, 0.2) is 23.9 Å². The maximum atomic E-state index is 8.60. The summed E-state index contributed by atoms with van der Waals surface area (Å²) < 4.78 is 0. The van der Waals surface area contributed by atoms with Crippen LogP contribution >= 0.6 is 0 Å². The molecule has 1 rings (SSSR count).